The molecule has 3 atom stereocenters. The van der Waals surface area contributed by atoms with E-state index in [0.717, 1.165) is 37.7 Å². The minimum atomic E-state index is -1.28. The van der Waals surface area contributed by atoms with E-state index in [1.165, 1.54) is 6.42 Å². The van der Waals surface area contributed by atoms with Gasteiger partial charge < -0.3 is 15.7 Å². The molecule has 196 valence electrons. The van der Waals surface area contributed by atoms with Gasteiger partial charge in [-0.15, -0.1) is 0 Å². The van der Waals surface area contributed by atoms with Gasteiger partial charge in [-0.05, 0) is 42.6 Å². The molecule has 1 saturated carbocycles. The number of hydrogen-bond donors (Lipinski definition) is 3. The Morgan fingerprint density at radius 2 is 1.60 bits per heavy atom. The first kappa shape index (κ1) is 29.0. The van der Waals surface area contributed by atoms with E-state index >= 15 is 0 Å². The zero-order chi connectivity index (χ0) is 25.8. The van der Waals surface area contributed by atoms with Crippen molar-refractivity contribution in [3.05, 3.63) is 35.9 Å². The number of aliphatic hydroxyl groups excluding tert-OH is 1. The Bertz CT molecular complexity index is 787. The molecule has 0 radical (unpaired) electrons. The smallest absolute Gasteiger partial charge is 0.242 e. The van der Waals surface area contributed by atoms with Crippen LogP contribution in [-0.2, 0) is 20.8 Å². The lowest BCUT2D eigenvalue weighted by molar-refractivity contribution is -0.133. The number of hydrogen-bond acceptors (Lipinski definition) is 4. The number of nitrogens with one attached hydrogen (secondary N) is 2. The third-order valence-electron chi connectivity index (χ3n) is 6.88. The molecular weight excluding hydrogens is 440 g/mol. The van der Waals surface area contributed by atoms with Gasteiger partial charge in [-0.25, -0.2) is 0 Å². The maximum atomic E-state index is 13.3. The molecule has 0 saturated heterocycles. The number of carbonyl (C=O) groups is 3. The topological polar surface area (TPSA) is 95.5 Å². The van der Waals surface area contributed by atoms with Gasteiger partial charge in [-0.3, -0.25) is 14.4 Å². The second kappa shape index (κ2) is 15.0. The average Bonchev–Trinajstić information content (AvgIpc) is 2.82. The van der Waals surface area contributed by atoms with Crippen molar-refractivity contribution in [3.8, 4) is 0 Å². The van der Waals surface area contributed by atoms with Crippen molar-refractivity contribution in [1.82, 2.24) is 10.6 Å². The van der Waals surface area contributed by atoms with E-state index in [9.17, 15) is 19.5 Å². The Hall–Kier alpha value is -2.21. The molecule has 35 heavy (non-hydrogen) atoms. The first-order valence-corrected chi connectivity index (χ1v) is 13.5. The quantitative estimate of drug-likeness (QED) is 0.359. The van der Waals surface area contributed by atoms with Crippen LogP contribution in [0.1, 0.15) is 91.0 Å². The van der Waals surface area contributed by atoms with E-state index < -0.39 is 18.2 Å². The Morgan fingerprint density at radius 3 is 2.20 bits per heavy atom. The van der Waals surface area contributed by atoms with Crippen LogP contribution in [0, 0.1) is 17.8 Å². The summed E-state index contributed by atoms with van der Waals surface area (Å²) in [7, 11) is 0. The van der Waals surface area contributed by atoms with Crippen LogP contribution in [0.4, 0.5) is 0 Å². The summed E-state index contributed by atoms with van der Waals surface area (Å²) < 4.78 is 0. The predicted molar refractivity (Wildman–Crippen MR) is 140 cm³/mol. The SMILES string of the molecule is CC(C)CCC(=O)N[C@@H](CC(C)C)C(=O)N[C@@H](CC1CCCCC1)[C@@H](O)C(=O)Cc1ccccc1. The molecule has 1 aromatic carbocycles. The highest BCUT2D eigenvalue weighted by molar-refractivity contribution is 5.89. The van der Waals surface area contributed by atoms with E-state index in [0.29, 0.717) is 31.1 Å². The summed E-state index contributed by atoms with van der Waals surface area (Å²) in [6.07, 6.45) is 6.65. The number of ketones is 1. The van der Waals surface area contributed by atoms with Gasteiger partial charge in [-0.1, -0.05) is 90.1 Å². The monoisotopic (exact) mass is 486 g/mol. The third-order valence-corrected chi connectivity index (χ3v) is 6.88. The standard InChI is InChI=1S/C29H46N2O4/c1-20(2)15-16-27(33)30-25(17-21(3)4)29(35)31-24(18-22-11-7-5-8-12-22)28(34)26(32)19-23-13-9-6-10-14-23/h6,9-10,13-14,20-22,24-25,28,34H,5,7-8,11-12,15-19H2,1-4H3,(H,30,33)(H,31,35)/t24-,25-,28+/m0/s1. The largest absolute Gasteiger partial charge is 0.383 e. The molecule has 0 aromatic heterocycles. The van der Waals surface area contributed by atoms with E-state index in [2.05, 4.69) is 24.5 Å². The highest BCUT2D eigenvalue weighted by Crippen LogP contribution is 2.28. The van der Waals surface area contributed by atoms with Gasteiger partial charge in [0.15, 0.2) is 5.78 Å². The average molecular weight is 487 g/mol. The highest BCUT2D eigenvalue weighted by Gasteiger charge is 2.33. The summed E-state index contributed by atoms with van der Waals surface area (Å²) in [5.74, 6) is 0.241. The molecule has 1 fully saturated rings. The zero-order valence-electron chi connectivity index (χ0n) is 22.1. The first-order valence-electron chi connectivity index (χ1n) is 13.5. The molecule has 6 heteroatoms. The normalized spacial score (nSPS) is 17.1. The van der Waals surface area contributed by atoms with Crippen molar-refractivity contribution in [2.75, 3.05) is 0 Å². The summed E-state index contributed by atoms with van der Waals surface area (Å²) in [5, 5.41) is 16.9. The molecule has 1 aromatic rings. The minimum Gasteiger partial charge on any atom is -0.383 e. The van der Waals surface area contributed by atoms with Gasteiger partial charge in [0.05, 0.1) is 6.04 Å². The summed E-state index contributed by atoms with van der Waals surface area (Å²) >= 11 is 0. The van der Waals surface area contributed by atoms with Gasteiger partial charge in [0.1, 0.15) is 12.1 Å². The van der Waals surface area contributed by atoms with Crippen LogP contribution in [-0.4, -0.2) is 40.9 Å². The summed E-state index contributed by atoms with van der Waals surface area (Å²) in [4.78, 5) is 38.8. The lowest BCUT2D eigenvalue weighted by Gasteiger charge is -2.31. The number of carbonyl (C=O) groups excluding carboxylic acids is 3. The number of amides is 2. The van der Waals surface area contributed by atoms with Crippen molar-refractivity contribution >= 4 is 17.6 Å². The molecule has 1 aliphatic rings. The fraction of sp³-hybridized carbons (Fsp3) is 0.690. The van der Waals surface area contributed by atoms with E-state index in [1.807, 2.05) is 44.2 Å². The lowest BCUT2D eigenvalue weighted by Crippen LogP contribution is -2.55. The van der Waals surface area contributed by atoms with E-state index in [-0.39, 0.29) is 29.9 Å². The molecule has 0 heterocycles. The maximum absolute atomic E-state index is 13.3. The van der Waals surface area contributed by atoms with Crippen molar-refractivity contribution in [2.24, 2.45) is 17.8 Å². The van der Waals surface area contributed by atoms with Crippen LogP contribution >= 0.6 is 0 Å². The molecule has 1 aliphatic carbocycles. The molecule has 0 unspecified atom stereocenters. The molecule has 0 aliphatic heterocycles. The number of Topliss-reactive ketones (excluding diaryl/α,β-unsaturated/α-hetero) is 1. The zero-order valence-corrected chi connectivity index (χ0v) is 22.1. The van der Waals surface area contributed by atoms with Gasteiger partial charge in [0.2, 0.25) is 11.8 Å². The van der Waals surface area contributed by atoms with Crippen molar-refractivity contribution in [2.45, 2.75) is 110 Å². The lowest BCUT2D eigenvalue weighted by atomic mass is 9.82. The summed E-state index contributed by atoms with van der Waals surface area (Å²) in [6, 6.07) is 8.02. The van der Waals surface area contributed by atoms with Crippen LogP contribution in [0.2, 0.25) is 0 Å². The van der Waals surface area contributed by atoms with Crippen LogP contribution in [0.3, 0.4) is 0 Å². The molecule has 6 nitrogen and oxygen atoms in total. The molecule has 0 spiro atoms. The Morgan fingerprint density at radius 1 is 0.943 bits per heavy atom. The minimum absolute atomic E-state index is 0.125. The highest BCUT2D eigenvalue weighted by atomic mass is 16.3. The van der Waals surface area contributed by atoms with Crippen molar-refractivity contribution in [3.63, 3.8) is 0 Å². The summed E-state index contributed by atoms with van der Waals surface area (Å²) in [6.45, 7) is 8.15. The fourth-order valence-electron chi connectivity index (χ4n) is 4.85. The van der Waals surface area contributed by atoms with Crippen LogP contribution < -0.4 is 10.6 Å². The number of benzene rings is 1. The third kappa shape index (κ3) is 10.9. The van der Waals surface area contributed by atoms with E-state index in [1.54, 1.807) is 0 Å². The maximum Gasteiger partial charge on any atom is 0.242 e. The molecule has 0 bridgehead atoms. The molecule has 2 rings (SSSR count). The second-order valence-electron chi connectivity index (χ2n) is 11.1. The summed E-state index contributed by atoms with van der Waals surface area (Å²) in [5.41, 5.74) is 0.842. The van der Waals surface area contributed by atoms with Gasteiger partial charge in [0, 0.05) is 12.8 Å². The molecule has 3 N–H and O–H groups in total. The van der Waals surface area contributed by atoms with Crippen LogP contribution in [0.5, 0.6) is 0 Å². The number of rotatable bonds is 14. The van der Waals surface area contributed by atoms with Gasteiger partial charge in [-0.2, -0.15) is 0 Å². The Balaban J connectivity index is 2.12. The van der Waals surface area contributed by atoms with Crippen LogP contribution in [0.25, 0.3) is 0 Å². The van der Waals surface area contributed by atoms with Crippen molar-refractivity contribution in [1.29, 1.82) is 0 Å². The van der Waals surface area contributed by atoms with E-state index in [4.69, 9.17) is 0 Å². The molecule has 2 amide bonds. The van der Waals surface area contributed by atoms with Gasteiger partial charge >= 0.3 is 0 Å². The first-order chi connectivity index (χ1) is 16.7. The van der Waals surface area contributed by atoms with Crippen LogP contribution in [0.15, 0.2) is 30.3 Å². The predicted octanol–water partition coefficient (Wildman–Crippen LogP) is 4.58. The Kier molecular flexibility index (Phi) is 12.5. The Labute approximate surface area is 211 Å². The fourth-order valence-corrected chi connectivity index (χ4v) is 4.85. The van der Waals surface area contributed by atoms with Crippen molar-refractivity contribution < 1.29 is 19.5 Å². The number of aliphatic hydroxyl groups is 1. The second-order valence-corrected chi connectivity index (χ2v) is 11.1. The van der Waals surface area contributed by atoms with Gasteiger partial charge in [0.25, 0.3) is 0 Å². The molecular formula is C29H46N2O4.